The molecule has 0 spiro atoms. The molecule has 0 radical (unpaired) electrons. The average molecular weight is 377 g/mol. The van der Waals surface area contributed by atoms with Gasteiger partial charge in [-0.25, -0.2) is 0 Å². The van der Waals surface area contributed by atoms with Crippen molar-refractivity contribution in [3.63, 3.8) is 0 Å². The van der Waals surface area contributed by atoms with Crippen LogP contribution >= 0.6 is 0 Å². The number of rotatable bonds is 7. The van der Waals surface area contributed by atoms with Crippen LogP contribution in [0.3, 0.4) is 0 Å². The molecule has 0 aliphatic heterocycles. The molecule has 2 N–H and O–H groups in total. The lowest BCUT2D eigenvalue weighted by Gasteiger charge is -2.19. The molecule has 0 aromatic heterocycles. The zero-order valence-corrected chi connectivity index (χ0v) is 14.7. The maximum atomic E-state index is 12.7. The van der Waals surface area contributed by atoms with Gasteiger partial charge in [0.25, 0.3) is 0 Å². The monoisotopic (exact) mass is 377 g/mol. The molecule has 1 saturated carbocycles. The van der Waals surface area contributed by atoms with Gasteiger partial charge in [-0.1, -0.05) is 42.5 Å². The number of nitrogens with one attached hydrogen (secondary N) is 1. The lowest BCUT2D eigenvalue weighted by atomic mass is 10.0. The highest BCUT2D eigenvalue weighted by molar-refractivity contribution is 5.83. The Morgan fingerprint density at radius 2 is 1.78 bits per heavy atom. The molecule has 3 atom stereocenters. The molecule has 1 aliphatic carbocycles. The Labute approximate surface area is 156 Å². The van der Waals surface area contributed by atoms with Gasteiger partial charge in [-0.05, 0) is 48.4 Å². The molecular weight excluding hydrogens is 355 g/mol. The van der Waals surface area contributed by atoms with E-state index in [1.807, 2.05) is 30.3 Å². The first-order chi connectivity index (χ1) is 12.9. The van der Waals surface area contributed by atoms with Gasteiger partial charge in [0, 0.05) is 12.5 Å². The maximum absolute atomic E-state index is 12.7. The lowest BCUT2D eigenvalue weighted by Crippen LogP contribution is -2.30. The van der Waals surface area contributed by atoms with Gasteiger partial charge >= 0.3 is 6.18 Å². The fourth-order valence-electron chi connectivity index (χ4n) is 3.35. The summed E-state index contributed by atoms with van der Waals surface area (Å²) in [5.74, 6) is -0.352. The Balaban J connectivity index is 1.63. The van der Waals surface area contributed by atoms with Crippen molar-refractivity contribution in [3.8, 4) is 0 Å². The van der Waals surface area contributed by atoms with Gasteiger partial charge in [0.2, 0.25) is 5.91 Å². The van der Waals surface area contributed by atoms with Crippen LogP contribution in [-0.4, -0.2) is 17.6 Å². The Morgan fingerprint density at radius 1 is 1.11 bits per heavy atom. The summed E-state index contributed by atoms with van der Waals surface area (Å²) in [7, 11) is 0. The van der Waals surface area contributed by atoms with E-state index in [1.165, 1.54) is 12.1 Å². The predicted octanol–water partition coefficient (Wildman–Crippen LogP) is 4.44. The zero-order valence-electron chi connectivity index (χ0n) is 14.7. The smallest absolute Gasteiger partial charge is 0.396 e. The van der Waals surface area contributed by atoms with Crippen LogP contribution in [0.2, 0.25) is 0 Å². The zero-order chi connectivity index (χ0) is 19.4. The Morgan fingerprint density at radius 3 is 2.37 bits per heavy atom. The van der Waals surface area contributed by atoms with Crippen molar-refractivity contribution in [2.24, 2.45) is 5.92 Å². The quantitative estimate of drug-likeness (QED) is 0.750. The molecule has 0 saturated heterocycles. The van der Waals surface area contributed by atoms with E-state index in [1.54, 1.807) is 0 Å². The van der Waals surface area contributed by atoms with E-state index in [0.717, 1.165) is 23.3 Å². The van der Waals surface area contributed by atoms with Gasteiger partial charge in [0.05, 0.1) is 11.6 Å². The molecule has 144 valence electrons. The van der Waals surface area contributed by atoms with E-state index in [4.69, 9.17) is 5.11 Å². The molecule has 3 unspecified atom stereocenters. The number of amides is 1. The molecular formula is C21H22F3NO2. The molecule has 3 rings (SSSR count). The van der Waals surface area contributed by atoms with Crippen LogP contribution < -0.4 is 5.32 Å². The number of aliphatic hydroxyl groups excluding tert-OH is 1. The fraction of sp³-hybridized carbons (Fsp3) is 0.381. The molecule has 6 heteroatoms. The number of alkyl halides is 3. The van der Waals surface area contributed by atoms with Crippen LogP contribution in [0.4, 0.5) is 13.2 Å². The summed E-state index contributed by atoms with van der Waals surface area (Å²) in [6.45, 7) is 0.0524. The van der Waals surface area contributed by atoms with Crippen molar-refractivity contribution in [3.05, 3.63) is 71.3 Å². The number of carbonyl (C=O) groups excluding carboxylic acids is 1. The van der Waals surface area contributed by atoms with Gasteiger partial charge < -0.3 is 10.4 Å². The molecule has 0 bridgehead atoms. The summed E-state index contributed by atoms with van der Waals surface area (Å²) in [4.78, 5) is 12.6. The van der Waals surface area contributed by atoms with Crippen molar-refractivity contribution >= 4 is 5.91 Å². The van der Waals surface area contributed by atoms with Crippen LogP contribution in [-0.2, 0) is 11.0 Å². The van der Waals surface area contributed by atoms with E-state index >= 15 is 0 Å². The lowest BCUT2D eigenvalue weighted by molar-refractivity contribution is -0.137. The highest BCUT2D eigenvalue weighted by Crippen LogP contribution is 2.48. The number of benzene rings is 2. The summed E-state index contributed by atoms with van der Waals surface area (Å²) in [6.07, 6.45) is -2.51. The van der Waals surface area contributed by atoms with Gasteiger partial charge in [0.15, 0.2) is 0 Å². The number of halogens is 3. The third kappa shape index (κ3) is 4.89. The van der Waals surface area contributed by atoms with E-state index < -0.39 is 11.7 Å². The van der Waals surface area contributed by atoms with Crippen LogP contribution in [0, 0.1) is 5.92 Å². The van der Waals surface area contributed by atoms with Crippen LogP contribution in [0.15, 0.2) is 54.6 Å². The summed E-state index contributed by atoms with van der Waals surface area (Å²) >= 11 is 0. The van der Waals surface area contributed by atoms with Crippen molar-refractivity contribution in [2.75, 3.05) is 6.61 Å². The summed E-state index contributed by atoms with van der Waals surface area (Å²) in [5, 5.41) is 12.1. The molecule has 1 aliphatic rings. The van der Waals surface area contributed by atoms with Crippen molar-refractivity contribution < 1.29 is 23.1 Å². The van der Waals surface area contributed by atoms with Crippen molar-refractivity contribution in [2.45, 2.75) is 37.4 Å². The van der Waals surface area contributed by atoms with Crippen molar-refractivity contribution in [1.29, 1.82) is 0 Å². The Bertz CT molecular complexity index is 759. The molecule has 27 heavy (non-hydrogen) atoms. The molecule has 1 fully saturated rings. The molecule has 2 aromatic carbocycles. The second-order valence-corrected chi connectivity index (χ2v) is 6.91. The van der Waals surface area contributed by atoms with E-state index in [-0.39, 0.29) is 30.4 Å². The first-order valence-corrected chi connectivity index (χ1v) is 9.03. The number of carbonyl (C=O) groups is 1. The first-order valence-electron chi connectivity index (χ1n) is 9.03. The topological polar surface area (TPSA) is 49.3 Å². The fourth-order valence-corrected chi connectivity index (χ4v) is 3.35. The summed E-state index contributed by atoms with van der Waals surface area (Å²) in [6, 6.07) is 14.4. The van der Waals surface area contributed by atoms with Crippen LogP contribution in [0.1, 0.15) is 47.9 Å². The third-order valence-corrected chi connectivity index (χ3v) is 4.96. The van der Waals surface area contributed by atoms with E-state index in [0.29, 0.717) is 19.3 Å². The minimum absolute atomic E-state index is 0.0402. The van der Waals surface area contributed by atoms with Gasteiger partial charge in [-0.2, -0.15) is 13.2 Å². The molecule has 1 amide bonds. The second-order valence-electron chi connectivity index (χ2n) is 6.91. The van der Waals surface area contributed by atoms with E-state index in [2.05, 4.69) is 5.32 Å². The maximum Gasteiger partial charge on any atom is 0.416 e. The van der Waals surface area contributed by atoms with Gasteiger partial charge in [-0.15, -0.1) is 0 Å². The minimum atomic E-state index is -4.35. The molecule has 0 heterocycles. The molecule has 2 aromatic rings. The highest BCUT2D eigenvalue weighted by Gasteiger charge is 2.44. The number of aliphatic hydroxyl groups is 1. The highest BCUT2D eigenvalue weighted by atomic mass is 19.4. The normalized spacial score (nSPS) is 20.1. The first kappa shape index (κ1) is 19.4. The van der Waals surface area contributed by atoms with Crippen LogP contribution in [0.25, 0.3) is 0 Å². The van der Waals surface area contributed by atoms with Gasteiger partial charge in [-0.3, -0.25) is 4.79 Å². The Kier molecular flexibility index (Phi) is 5.85. The number of hydrogen-bond donors (Lipinski definition) is 2. The molecule has 3 nitrogen and oxygen atoms in total. The minimum Gasteiger partial charge on any atom is -0.396 e. The summed E-state index contributed by atoms with van der Waals surface area (Å²) in [5.41, 5.74) is 1.06. The second kappa shape index (κ2) is 8.13. The van der Waals surface area contributed by atoms with Crippen LogP contribution in [0.5, 0.6) is 0 Å². The predicted molar refractivity (Wildman–Crippen MR) is 95.9 cm³/mol. The number of hydrogen-bond acceptors (Lipinski definition) is 2. The average Bonchev–Trinajstić information content (AvgIpc) is 3.46. The third-order valence-electron chi connectivity index (χ3n) is 4.96. The van der Waals surface area contributed by atoms with Gasteiger partial charge in [0.1, 0.15) is 0 Å². The summed E-state index contributed by atoms with van der Waals surface area (Å²) < 4.78 is 38.0. The largest absolute Gasteiger partial charge is 0.416 e. The SMILES string of the molecule is O=C(NC(CCCO)c1ccccc1)C1CC1c1ccc(C(F)(F)F)cc1. The standard InChI is InChI=1S/C21H22F3NO2/c22-21(23,24)16-10-8-14(9-11-16)17-13-18(17)20(27)25-19(7-4-12-26)15-5-2-1-3-6-15/h1-3,5-6,8-11,17-19,26H,4,7,12-13H2,(H,25,27). The Hall–Kier alpha value is -2.34. The van der Waals surface area contributed by atoms with E-state index in [9.17, 15) is 18.0 Å². The van der Waals surface area contributed by atoms with Crippen molar-refractivity contribution in [1.82, 2.24) is 5.32 Å².